The van der Waals surface area contributed by atoms with Crippen molar-refractivity contribution >= 4 is 11.5 Å². The Bertz CT molecular complexity index is 774. The van der Waals surface area contributed by atoms with Crippen LogP contribution in [0.2, 0.25) is 0 Å². The lowest BCUT2D eigenvalue weighted by Crippen LogP contribution is -2.28. The predicted molar refractivity (Wildman–Crippen MR) is 76.4 cm³/mol. The summed E-state index contributed by atoms with van der Waals surface area (Å²) in [6.45, 7) is 1.52. The monoisotopic (exact) mass is 261 g/mol. The zero-order valence-electron chi connectivity index (χ0n) is 10.7. The van der Waals surface area contributed by atoms with Crippen molar-refractivity contribution in [3.8, 4) is 17.6 Å². The van der Waals surface area contributed by atoms with Crippen molar-refractivity contribution in [2.75, 3.05) is 18.0 Å². The van der Waals surface area contributed by atoms with E-state index in [4.69, 9.17) is 4.74 Å². The molecule has 0 saturated carbocycles. The summed E-state index contributed by atoms with van der Waals surface area (Å²) in [6.07, 6.45) is 0. The van der Waals surface area contributed by atoms with Gasteiger partial charge >= 0.3 is 0 Å². The van der Waals surface area contributed by atoms with Crippen LogP contribution in [0, 0.1) is 11.3 Å². The van der Waals surface area contributed by atoms with Gasteiger partial charge in [0.05, 0.1) is 17.7 Å². The average Bonchev–Trinajstić information content (AvgIpc) is 2.91. The van der Waals surface area contributed by atoms with E-state index < -0.39 is 0 Å². The molecule has 2 aromatic rings. The molecule has 4 nitrogen and oxygen atoms in total. The summed E-state index contributed by atoms with van der Waals surface area (Å²) in [5.74, 6) is 2.39. The van der Waals surface area contributed by atoms with E-state index >= 15 is 0 Å². The van der Waals surface area contributed by atoms with Crippen LogP contribution in [0.1, 0.15) is 11.1 Å². The molecule has 0 aliphatic carbocycles. The molecule has 0 unspecified atom stereocenters. The van der Waals surface area contributed by atoms with Crippen molar-refractivity contribution in [1.82, 2.24) is 0 Å². The molecular formula is C16H11N3O. The number of para-hydroxylation sites is 2. The van der Waals surface area contributed by atoms with E-state index in [-0.39, 0.29) is 0 Å². The SMILES string of the molecule is N#Cc1cccc2c1N1CCN=C1c1ccccc1O2. The third-order valence-electron chi connectivity index (χ3n) is 3.58. The van der Waals surface area contributed by atoms with Crippen molar-refractivity contribution in [1.29, 1.82) is 5.26 Å². The summed E-state index contributed by atoms with van der Waals surface area (Å²) in [4.78, 5) is 6.67. The number of anilines is 1. The van der Waals surface area contributed by atoms with Gasteiger partial charge in [-0.15, -0.1) is 0 Å². The number of benzene rings is 2. The highest BCUT2D eigenvalue weighted by molar-refractivity contribution is 6.14. The molecule has 4 rings (SSSR count). The topological polar surface area (TPSA) is 48.6 Å². The number of nitrogens with zero attached hydrogens (tertiary/aromatic N) is 3. The second kappa shape index (κ2) is 4.10. The molecule has 0 radical (unpaired) electrons. The molecule has 2 aliphatic heterocycles. The van der Waals surface area contributed by atoms with Crippen molar-refractivity contribution in [3.63, 3.8) is 0 Å². The summed E-state index contributed by atoms with van der Waals surface area (Å²) in [6, 6.07) is 15.7. The number of rotatable bonds is 0. The van der Waals surface area contributed by atoms with Crippen molar-refractivity contribution < 1.29 is 4.74 Å². The highest BCUT2D eigenvalue weighted by Crippen LogP contribution is 2.41. The molecule has 0 amide bonds. The van der Waals surface area contributed by atoms with Crippen LogP contribution in [0.4, 0.5) is 5.69 Å². The Labute approximate surface area is 116 Å². The number of hydrogen-bond donors (Lipinski definition) is 0. The van der Waals surface area contributed by atoms with Crippen LogP contribution in [0.3, 0.4) is 0 Å². The second-order valence-electron chi connectivity index (χ2n) is 4.72. The van der Waals surface area contributed by atoms with Crippen LogP contribution in [0.15, 0.2) is 47.5 Å². The number of amidine groups is 1. The van der Waals surface area contributed by atoms with Gasteiger partial charge in [-0.1, -0.05) is 18.2 Å². The van der Waals surface area contributed by atoms with E-state index in [1.165, 1.54) is 0 Å². The molecule has 0 N–H and O–H groups in total. The molecule has 0 fully saturated rings. The fourth-order valence-electron chi connectivity index (χ4n) is 2.73. The van der Waals surface area contributed by atoms with Crippen molar-refractivity contribution in [2.45, 2.75) is 0 Å². The van der Waals surface area contributed by atoms with E-state index in [2.05, 4.69) is 16.0 Å². The lowest BCUT2D eigenvalue weighted by Gasteiger charge is -2.20. The maximum Gasteiger partial charge on any atom is 0.152 e. The minimum Gasteiger partial charge on any atom is -0.454 e. The van der Waals surface area contributed by atoms with Crippen LogP contribution in [0.25, 0.3) is 0 Å². The van der Waals surface area contributed by atoms with Gasteiger partial charge in [-0.25, -0.2) is 0 Å². The number of ether oxygens (including phenoxy) is 1. The van der Waals surface area contributed by atoms with Gasteiger partial charge in [-0.3, -0.25) is 4.99 Å². The number of aliphatic imine (C=N–C) groups is 1. The van der Waals surface area contributed by atoms with Gasteiger partial charge in [0.15, 0.2) is 5.75 Å². The van der Waals surface area contributed by atoms with E-state index in [0.717, 1.165) is 35.9 Å². The Balaban J connectivity index is 2.03. The summed E-state index contributed by atoms with van der Waals surface area (Å²) in [5, 5.41) is 9.35. The molecule has 2 heterocycles. The third-order valence-corrected chi connectivity index (χ3v) is 3.58. The molecule has 96 valence electrons. The van der Waals surface area contributed by atoms with Gasteiger partial charge in [0.2, 0.25) is 0 Å². The highest BCUT2D eigenvalue weighted by atomic mass is 16.5. The van der Waals surface area contributed by atoms with Gasteiger partial charge < -0.3 is 9.64 Å². The summed E-state index contributed by atoms with van der Waals surface area (Å²) in [7, 11) is 0. The van der Waals surface area contributed by atoms with Crippen LogP contribution >= 0.6 is 0 Å². The van der Waals surface area contributed by atoms with Gasteiger partial charge in [0.1, 0.15) is 23.3 Å². The molecule has 4 heteroatoms. The zero-order valence-corrected chi connectivity index (χ0v) is 10.7. The summed E-state index contributed by atoms with van der Waals surface area (Å²) < 4.78 is 6.01. The maximum atomic E-state index is 9.35. The van der Waals surface area contributed by atoms with E-state index in [0.29, 0.717) is 11.3 Å². The Kier molecular flexibility index (Phi) is 2.27. The molecule has 20 heavy (non-hydrogen) atoms. The van der Waals surface area contributed by atoms with Gasteiger partial charge in [-0.2, -0.15) is 5.26 Å². The third kappa shape index (κ3) is 1.44. The van der Waals surface area contributed by atoms with Gasteiger partial charge in [0, 0.05) is 6.54 Å². The fraction of sp³-hybridized carbons (Fsp3) is 0.125. The average molecular weight is 261 g/mol. The lowest BCUT2D eigenvalue weighted by atomic mass is 10.1. The Hall–Kier alpha value is -2.80. The summed E-state index contributed by atoms with van der Waals surface area (Å²) >= 11 is 0. The maximum absolute atomic E-state index is 9.35. The second-order valence-corrected chi connectivity index (χ2v) is 4.72. The van der Waals surface area contributed by atoms with Gasteiger partial charge in [-0.05, 0) is 24.3 Å². The van der Waals surface area contributed by atoms with E-state index in [9.17, 15) is 5.26 Å². The Morgan fingerprint density at radius 1 is 1.10 bits per heavy atom. The number of fused-ring (bicyclic) bond motifs is 5. The van der Waals surface area contributed by atoms with Crippen LogP contribution < -0.4 is 9.64 Å². The molecule has 0 atom stereocenters. The zero-order chi connectivity index (χ0) is 13.5. The quantitative estimate of drug-likeness (QED) is 0.732. The Morgan fingerprint density at radius 3 is 2.85 bits per heavy atom. The smallest absolute Gasteiger partial charge is 0.152 e. The van der Waals surface area contributed by atoms with Crippen molar-refractivity contribution in [2.24, 2.45) is 4.99 Å². The molecule has 0 aromatic heterocycles. The first-order chi connectivity index (χ1) is 9.88. The molecule has 0 spiro atoms. The normalized spacial score (nSPS) is 15.2. The standard InChI is InChI=1S/C16H11N3O/c17-10-11-4-3-7-14-15(11)19-9-8-18-16(19)12-5-1-2-6-13(12)20-14/h1-7H,8-9H2. The van der Waals surface area contributed by atoms with Crippen LogP contribution in [-0.2, 0) is 0 Å². The van der Waals surface area contributed by atoms with Crippen LogP contribution in [-0.4, -0.2) is 18.9 Å². The molecular weight excluding hydrogens is 250 g/mol. The first-order valence-electron chi connectivity index (χ1n) is 6.51. The molecule has 2 aliphatic rings. The van der Waals surface area contributed by atoms with Crippen molar-refractivity contribution in [3.05, 3.63) is 53.6 Å². The number of nitriles is 1. The van der Waals surface area contributed by atoms with Gasteiger partial charge in [0.25, 0.3) is 0 Å². The number of hydrogen-bond acceptors (Lipinski definition) is 4. The fourth-order valence-corrected chi connectivity index (χ4v) is 2.73. The van der Waals surface area contributed by atoms with E-state index in [1.807, 2.05) is 42.5 Å². The first-order valence-corrected chi connectivity index (χ1v) is 6.51. The first kappa shape index (κ1) is 11.1. The molecule has 2 aromatic carbocycles. The lowest BCUT2D eigenvalue weighted by molar-refractivity contribution is 0.484. The summed E-state index contributed by atoms with van der Waals surface area (Å²) in [5.41, 5.74) is 2.41. The van der Waals surface area contributed by atoms with E-state index in [1.54, 1.807) is 0 Å². The molecule has 0 saturated heterocycles. The predicted octanol–water partition coefficient (Wildman–Crippen LogP) is 2.93. The minimum absolute atomic E-state index is 0.616. The van der Waals surface area contributed by atoms with Crippen LogP contribution in [0.5, 0.6) is 11.5 Å². The Morgan fingerprint density at radius 2 is 1.95 bits per heavy atom. The minimum atomic E-state index is 0.616. The highest BCUT2D eigenvalue weighted by Gasteiger charge is 2.30. The largest absolute Gasteiger partial charge is 0.454 e. The molecule has 0 bridgehead atoms.